The average Bonchev–Trinajstić information content (AvgIpc) is 2.29. The monoisotopic (exact) mass is 236 g/mol. The fourth-order valence-corrected chi connectivity index (χ4v) is 1.37. The molecule has 0 unspecified atom stereocenters. The first-order valence-electron chi connectivity index (χ1n) is 5.09. The highest BCUT2D eigenvalue weighted by Crippen LogP contribution is 2.02. The van der Waals surface area contributed by atoms with Crippen molar-refractivity contribution in [2.75, 3.05) is 11.9 Å². The Kier molecular flexibility index (Phi) is 3.54. The average molecular weight is 236 g/mol. The minimum Gasteiger partial charge on any atom is -0.354 e. The van der Waals surface area contributed by atoms with E-state index in [1.807, 2.05) is 30.3 Å². The van der Waals surface area contributed by atoms with Gasteiger partial charge in [0.25, 0.3) is 0 Å². The summed E-state index contributed by atoms with van der Waals surface area (Å²) in [4.78, 5) is 9.46. The molecule has 1 aromatic heterocycles. The Morgan fingerprint density at radius 1 is 0.941 bits per heavy atom. The Hall–Kier alpha value is -2.11. The van der Waals surface area contributed by atoms with Gasteiger partial charge in [0, 0.05) is 6.54 Å². The summed E-state index contributed by atoms with van der Waals surface area (Å²) in [6.07, 6.45) is -1.53. The number of hydrogen-bond acceptors (Lipinski definition) is 4. The number of aromatic nitrogens is 3. The van der Waals surface area contributed by atoms with Gasteiger partial charge in [-0.2, -0.15) is 23.7 Å². The Labute approximate surface area is 96.8 Å². The molecule has 2 aromatic rings. The predicted molar refractivity (Wildman–Crippen MR) is 58.4 cm³/mol. The Morgan fingerprint density at radius 3 is 2.24 bits per heavy atom. The van der Waals surface area contributed by atoms with Gasteiger partial charge in [0.2, 0.25) is 5.95 Å². The first kappa shape index (κ1) is 11.4. The number of rotatable bonds is 4. The Morgan fingerprint density at radius 2 is 1.59 bits per heavy atom. The molecule has 0 aliphatic carbocycles. The number of hydrogen-bond donors (Lipinski definition) is 1. The van der Waals surface area contributed by atoms with Gasteiger partial charge in [0.1, 0.15) is 0 Å². The standard InChI is InChI=1S/C11H10F2N4/c12-9-15-10(13)17-11(16-9)14-7-6-8-4-2-1-3-5-8/h1-5H,6-7H2,(H,14,15,16,17). The van der Waals surface area contributed by atoms with Gasteiger partial charge in [0.05, 0.1) is 0 Å². The van der Waals surface area contributed by atoms with Gasteiger partial charge in [-0.1, -0.05) is 30.3 Å². The van der Waals surface area contributed by atoms with Crippen LogP contribution in [0.3, 0.4) is 0 Å². The van der Waals surface area contributed by atoms with Crippen LogP contribution in [0, 0.1) is 12.2 Å². The second kappa shape index (κ2) is 5.29. The summed E-state index contributed by atoms with van der Waals surface area (Å²) in [6.45, 7) is 0.493. The first-order chi connectivity index (χ1) is 8.24. The van der Waals surface area contributed by atoms with Crippen molar-refractivity contribution in [2.24, 2.45) is 0 Å². The van der Waals surface area contributed by atoms with Crippen LogP contribution in [0.25, 0.3) is 0 Å². The van der Waals surface area contributed by atoms with Crippen LogP contribution >= 0.6 is 0 Å². The molecule has 0 saturated carbocycles. The Balaban J connectivity index is 1.90. The molecule has 0 saturated heterocycles. The maximum Gasteiger partial charge on any atom is 0.315 e. The van der Waals surface area contributed by atoms with Crippen molar-refractivity contribution in [1.29, 1.82) is 0 Å². The molecule has 0 fully saturated rings. The van der Waals surface area contributed by atoms with Crippen LogP contribution in [0.5, 0.6) is 0 Å². The van der Waals surface area contributed by atoms with E-state index in [-0.39, 0.29) is 5.95 Å². The van der Waals surface area contributed by atoms with Crippen LogP contribution in [0.1, 0.15) is 5.56 Å². The van der Waals surface area contributed by atoms with Crippen molar-refractivity contribution in [3.05, 3.63) is 48.1 Å². The summed E-state index contributed by atoms with van der Waals surface area (Å²) < 4.78 is 25.3. The summed E-state index contributed by atoms with van der Waals surface area (Å²) in [5.41, 5.74) is 1.12. The van der Waals surface area contributed by atoms with Gasteiger partial charge in [-0.3, -0.25) is 0 Å². The summed E-state index contributed by atoms with van der Waals surface area (Å²) in [7, 11) is 0. The van der Waals surface area contributed by atoms with Crippen LogP contribution in [-0.4, -0.2) is 21.5 Å². The second-order valence-corrected chi connectivity index (χ2v) is 3.36. The van der Waals surface area contributed by atoms with Crippen LogP contribution in [-0.2, 0) is 6.42 Å². The van der Waals surface area contributed by atoms with E-state index < -0.39 is 12.2 Å². The third-order valence-electron chi connectivity index (χ3n) is 2.12. The van der Waals surface area contributed by atoms with Crippen molar-refractivity contribution in [3.63, 3.8) is 0 Å². The molecule has 1 heterocycles. The molecular formula is C11H10F2N4. The summed E-state index contributed by atoms with van der Waals surface area (Å²) in [6, 6.07) is 9.72. The highest BCUT2D eigenvalue weighted by Gasteiger charge is 2.04. The van der Waals surface area contributed by atoms with Gasteiger partial charge >= 0.3 is 12.2 Å². The third-order valence-corrected chi connectivity index (χ3v) is 2.12. The molecular weight excluding hydrogens is 226 g/mol. The molecule has 17 heavy (non-hydrogen) atoms. The number of halogens is 2. The number of nitrogens with one attached hydrogen (secondary N) is 1. The molecule has 88 valence electrons. The molecule has 0 aliphatic rings. The molecule has 0 bridgehead atoms. The molecule has 0 aliphatic heterocycles. The van der Waals surface area contributed by atoms with Gasteiger partial charge in [0.15, 0.2) is 0 Å². The van der Waals surface area contributed by atoms with Gasteiger partial charge in [-0.25, -0.2) is 0 Å². The SMILES string of the molecule is Fc1nc(F)nc(NCCc2ccccc2)n1. The summed E-state index contributed by atoms with van der Waals surface area (Å²) >= 11 is 0. The number of anilines is 1. The molecule has 0 amide bonds. The van der Waals surface area contributed by atoms with Crippen molar-refractivity contribution < 1.29 is 8.78 Å². The van der Waals surface area contributed by atoms with Crippen molar-refractivity contribution in [1.82, 2.24) is 15.0 Å². The fourth-order valence-electron chi connectivity index (χ4n) is 1.37. The van der Waals surface area contributed by atoms with E-state index in [0.29, 0.717) is 6.54 Å². The largest absolute Gasteiger partial charge is 0.354 e. The predicted octanol–water partition coefficient (Wildman–Crippen LogP) is 1.80. The highest BCUT2D eigenvalue weighted by molar-refractivity contribution is 5.23. The minimum absolute atomic E-state index is 0.0917. The van der Waals surface area contributed by atoms with E-state index in [1.54, 1.807) is 0 Å². The number of benzene rings is 1. The molecule has 1 N–H and O–H groups in total. The zero-order valence-corrected chi connectivity index (χ0v) is 8.90. The van der Waals surface area contributed by atoms with Crippen molar-refractivity contribution >= 4 is 5.95 Å². The lowest BCUT2D eigenvalue weighted by Crippen LogP contribution is -2.10. The normalized spacial score (nSPS) is 10.2. The van der Waals surface area contributed by atoms with E-state index in [2.05, 4.69) is 20.3 Å². The zero-order valence-electron chi connectivity index (χ0n) is 8.90. The molecule has 0 spiro atoms. The van der Waals surface area contributed by atoms with Crippen LogP contribution in [0.4, 0.5) is 14.7 Å². The molecule has 0 radical (unpaired) electrons. The highest BCUT2D eigenvalue weighted by atomic mass is 19.1. The van der Waals surface area contributed by atoms with E-state index in [9.17, 15) is 8.78 Å². The lowest BCUT2D eigenvalue weighted by Gasteiger charge is -2.04. The minimum atomic E-state index is -1.13. The van der Waals surface area contributed by atoms with Gasteiger partial charge in [-0.05, 0) is 12.0 Å². The molecule has 2 rings (SSSR count). The molecule has 4 nitrogen and oxygen atoms in total. The maximum absolute atomic E-state index is 12.6. The quantitative estimate of drug-likeness (QED) is 0.879. The first-order valence-corrected chi connectivity index (χ1v) is 5.09. The van der Waals surface area contributed by atoms with Gasteiger partial charge in [-0.15, -0.1) is 0 Å². The Bertz CT molecular complexity index is 470. The third kappa shape index (κ3) is 3.44. The van der Waals surface area contributed by atoms with Crippen LogP contribution in [0.2, 0.25) is 0 Å². The lowest BCUT2D eigenvalue weighted by molar-refractivity contribution is 0.457. The zero-order chi connectivity index (χ0) is 12.1. The molecule has 0 atom stereocenters. The van der Waals surface area contributed by atoms with Gasteiger partial charge < -0.3 is 5.32 Å². The summed E-state index contributed by atoms with van der Waals surface area (Å²) in [5, 5.41) is 2.73. The van der Waals surface area contributed by atoms with E-state index in [4.69, 9.17) is 0 Å². The maximum atomic E-state index is 12.6. The van der Waals surface area contributed by atoms with Crippen LogP contribution in [0.15, 0.2) is 30.3 Å². The van der Waals surface area contributed by atoms with E-state index in [1.165, 1.54) is 0 Å². The van der Waals surface area contributed by atoms with E-state index in [0.717, 1.165) is 12.0 Å². The summed E-state index contributed by atoms with van der Waals surface area (Å²) in [5.74, 6) is -0.0917. The number of nitrogens with zero attached hydrogens (tertiary/aromatic N) is 3. The molecule has 6 heteroatoms. The smallest absolute Gasteiger partial charge is 0.315 e. The van der Waals surface area contributed by atoms with Crippen molar-refractivity contribution in [3.8, 4) is 0 Å². The van der Waals surface area contributed by atoms with Crippen molar-refractivity contribution in [2.45, 2.75) is 6.42 Å². The second-order valence-electron chi connectivity index (χ2n) is 3.36. The van der Waals surface area contributed by atoms with Crippen LogP contribution < -0.4 is 5.32 Å². The van der Waals surface area contributed by atoms with E-state index >= 15 is 0 Å². The topological polar surface area (TPSA) is 50.7 Å². The molecule has 1 aromatic carbocycles. The lowest BCUT2D eigenvalue weighted by atomic mass is 10.1. The fraction of sp³-hybridized carbons (Fsp3) is 0.182.